The SMILES string of the molecule is CCCCN(CCO)Cc1cnc(C)n1-c1ccccc1. The lowest BCUT2D eigenvalue weighted by molar-refractivity contribution is 0.186. The minimum Gasteiger partial charge on any atom is -0.395 e. The van der Waals surface area contributed by atoms with Gasteiger partial charge in [-0.2, -0.15) is 0 Å². The number of hydrogen-bond donors (Lipinski definition) is 1. The van der Waals surface area contributed by atoms with Crippen LogP contribution in [-0.4, -0.2) is 39.3 Å². The number of rotatable bonds is 8. The minimum absolute atomic E-state index is 0.197. The molecule has 0 saturated carbocycles. The standard InChI is InChI=1S/C17H25N3O/c1-3-4-10-19(11-12-21)14-17-13-18-15(2)20(17)16-8-6-5-7-9-16/h5-9,13,21H,3-4,10-12,14H2,1-2H3. The molecule has 0 unspecified atom stereocenters. The molecule has 114 valence electrons. The van der Waals surface area contributed by atoms with E-state index in [0.29, 0.717) is 6.54 Å². The van der Waals surface area contributed by atoms with E-state index >= 15 is 0 Å². The molecule has 0 fully saturated rings. The van der Waals surface area contributed by atoms with Gasteiger partial charge in [0, 0.05) is 18.8 Å². The summed E-state index contributed by atoms with van der Waals surface area (Å²) < 4.78 is 2.19. The first-order chi connectivity index (χ1) is 10.3. The molecular weight excluding hydrogens is 262 g/mol. The summed E-state index contributed by atoms with van der Waals surface area (Å²) >= 11 is 0. The van der Waals surface area contributed by atoms with E-state index in [0.717, 1.165) is 31.0 Å². The van der Waals surface area contributed by atoms with Gasteiger partial charge in [-0.3, -0.25) is 9.47 Å². The fraction of sp³-hybridized carbons (Fsp3) is 0.471. The molecule has 2 rings (SSSR count). The predicted molar refractivity (Wildman–Crippen MR) is 85.6 cm³/mol. The fourth-order valence-electron chi connectivity index (χ4n) is 2.55. The summed E-state index contributed by atoms with van der Waals surface area (Å²) in [4.78, 5) is 6.75. The van der Waals surface area contributed by atoms with E-state index in [1.807, 2.05) is 31.3 Å². The lowest BCUT2D eigenvalue weighted by atomic mass is 10.2. The number of aryl methyl sites for hydroxylation is 1. The Morgan fingerprint density at radius 3 is 2.62 bits per heavy atom. The summed E-state index contributed by atoms with van der Waals surface area (Å²) in [5.41, 5.74) is 2.31. The van der Waals surface area contributed by atoms with Gasteiger partial charge in [0.05, 0.1) is 18.5 Å². The molecule has 0 bridgehead atoms. The van der Waals surface area contributed by atoms with Crippen molar-refractivity contribution in [2.75, 3.05) is 19.7 Å². The van der Waals surface area contributed by atoms with Crippen LogP contribution in [0.5, 0.6) is 0 Å². The molecule has 4 heteroatoms. The van der Waals surface area contributed by atoms with Crippen LogP contribution in [0.3, 0.4) is 0 Å². The van der Waals surface area contributed by atoms with Gasteiger partial charge in [-0.1, -0.05) is 31.5 Å². The number of hydrogen-bond acceptors (Lipinski definition) is 3. The Hall–Kier alpha value is -1.65. The highest BCUT2D eigenvalue weighted by atomic mass is 16.3. The Kier molecular flexibility index (Phi) is 5.96. The number of aromatic nitrogens is 2. The molecule has 1 N–H and O–H groups in total. The highest BCUT2D eigenvalue weighted by Gasteiger charge is 2.12. The van der Waals surface area contributed by atoms with Crippen molar-refractivity contribution in [3.05, 3.63) is 48.0 Å². The zero-order chi connectivity index (χ0) is 15.1. The molecule has 0 radical (unpaired) electrons. The quantitative estimate of drug-likeness (QED) is 0.811. The summed E-state index contributed by atoms with van der Waals surface area (Å²) in [6.45, 7) is 6.95. The van der Waals surface area contributed by atoms with Crippen molar-refractivity contribution in [3.8, 4) is 5.69 Å². The molecule has 0 spiro atoms. The monoisotopic (exact) mass is 287 g/mol. The molecule has 4 nitrogen and oxygen atoms in total. The van der Waals surface area contributed by atoms with Gasteiger partial charge in [0.15, 0.2) is 0 Å². The van der Waals surface area contributed by atoms with Crippen molar-refractivity contribution in [2.24, 2.45) is 0 Å². The van der Waals surface area contributed by atoms with E-state index in [4.69, 9.17) is 0 Å². The van der Waals surface area contributed by atoms with Crippen LogP contribution in [0.15, 0.2) is 36.5 Å². The Bertz CT molecular complexity index is 536. The molecule has 0 amide bonds. The maximum absolute atomic E-state index is 9.24. The Labute approximate surface area is 127 Å². The van der Waals surface area contributed by atoms with Crippen LogP contribution in [0, 0.1) is 6.92 Å². The van der Waals surface area contributed by atoms with Crippen LogP contribution < -0.4 is 0 Å². The van der Waals surface area contributed by atoms with E-state index in [1.165, 1.54) is 12.1 Å². The first kappa shape index (κ1) is 15.7. The molecule has 0 saturated heterocycles. The Morgan fingerprint density at radius 1 is 1.19 bits per heavy atom. The molecule has 0 aliphatic heterocycles. The van der Waals surface area contributed by atoms with Gasteiger partial charge in [0.25, 0.3) is 0 Å². The lowest BCUT2D eigenvalue weighted by Crippen LogP contribution is -2.28. The second kappa shape index (κ2) is 7.96. The van der Waals surface area contributed by atoms with Crippen molar-refractivity contribution >= 4 is 0 Å². The summed E-state index contributed by atoms with van der Waals surface area (Å²) in [6, 6.07) is 10.3. The van der Waals surface area contributed by atoms with Crippen molar-refractivity contribution in [2.45, 2.75) is 33.2 Å². The smallest absolute Gasteiger partial charge is 0.110 e. The molecule has 21 heavy (non-hydrogen) atoms. The molecular formula is C17H25N3O. The molecule has 1 aromatic carbocycles. The van der Waals surface area contributed by atoms with Gasteiger partial charge in [0.1, 0.15) is 5.82 Å². The average molecular weight is 287 g/mol. The van der Waals surface area contributed by atoms with E-state index in [2.05, 4.69) is 33.5 Å². The maximum Gasteiger partial charge on any atom is 0.110 e. The van der Waals surface area contributed by atoms with E-state index in [-0.39, 0.29) is 6.61 Å². The van der Waals surface area contributed by atoms with Gasteiger partial charge in [-0.05, 0) is 32.0 Å². The molecule has 1 aromatic heterocycles. The number of aliphatic hydroxyl groups is 1. The van der Waals surface area contributed by atoms with Crippen LogP contribution in [0.1, 0.15) is 31.3 Å². The lowest BCUT2D eigenvalue weighted by Gasteiger charge is -2.22. The van der Waals surface area contributed by atoms with E-state index < -0.39 is 0 Å². The Morgan fingerprint density at radius 2 is 1.95 bits per heavy atom. The van der Waals surface area contributed by atoms with Crippen LogP contribution in [0.2, 0.25) is 0 Å². The van der Waals surface area contributed by atoms with Gasteiger partial charge >= 0.3 is 0 Å². The third-order valence-electron chi connectivity index (χ3n) is 3.66. The largest absolute Gasteiger partial charge is 0.395 e. The number of imidazole rings is 1. The Balaban J connectivity index is 2.20. The first-order valence-corrected chi connectivity index (χ1v) is 7.68. The molecule has 2 aromatic rings. The predicted octanol–water partition coefficient (Wildman–Crippen LogP) is 2.78. The van der Waals surface area contributed by atoms with Crippen LogP contribution in [0.4, 0.5) is 0 Å². The normalized spacial score (nSPS) is 11.2. The summed E-state index contributed by atoms with van der Waals surface area (Å²) in [7, 11) is 0. The zero-order valence-electron chi connectivity index (χ0n) is 13.0. The number of para-hydroxylation sites is 1. The molecule has 0 aliphatic rings. The van der Waals surface area contributed by atoms with Gasteiger partial charge in [-0.15, -0.1) is 0 Å². The van der Waals surface area contributed by atoms with Gasteiger partial charge in [0.2, 0.25) is 0 Å². The number of benzene rings is 1. The average Bonchev–Trinajstić information content (AvgIpc) is 2.86. The zero-order valence-corrected chi connectivity index (χ0v) is 13.0. The summed E-state index contributed by atoms with van der Waals surface area (Å²) in [5.74, 6) is 0.996. The van der Waals surface area contributed by atoms with Crippen LogP contribution in [-0.2, 0) is 6.54 Å². The van der Waals surface area contributed by atoms with Crippen molar-refractivity contribution < 1.29 is 5.11 Å². The van der Waals surface area contributed by atoms with E-state index in [1.54, 1.807) is 0 Å². The topological polar surface area (TPSA) is 41.3 Å². The van der Waals surface area contributed by atoms with Crippen molar-refractivity contribution in [3.63, 3.8) is 0 Å². The van der Waals surface area contributed by atoms with Crippen LogP contribution >= 0.6 is 0 Å². The molecule has 0 aliphatic carbocycles. The molecule has 0 atom stereocenters. The highest BCUT2D eigenvalue weighted by molar-refractivity contribution is 5.35. The second-order valence-corrected chi connectivity index (χ2v) is 5.32. The third-order valence-corrected chi connectivity index (χ3v) is 3.66. The summed E-state index contributed by atoms with van der Waals surface area (Å²) in [5, 5.41) is 9.24. The second-order valence-electron chi connectivity index (χ2n) is 5.32. The summed E-state index contributed by atoms with van der Waals surface area (Å²) in [6.07, 6.45) is 4.26. The number of unbranched alkanes of at least 4 members (excludes halogenated alkanes) is 1. The first-order valence-electron chi connectivity index (χ1n) is 7.68. The molecule has 1 heterocycles. The number of aliphatic hydroxyl groups excluding tert-OH is 1. The fourth-order valence-corrected chi connectivity index (χ4v) is 2.55. The van der Waals surface area contributed by atoms with Crippen molar-refractivity contribution in [1.82, 2.24) is 14.5 Å². The maximum atomic E-state index is 9.24. The van der Waals surface area contributed by atoms with Crippen LogP contribution in [0.25, 0.3) is 5.69 Å². The van der Waals surface area contributed by atoms with E-state index in [9.17, 15) is 5.11 Å². The van der Waals surface area contributed by atoms with Gasteiger partial charge < -0.3 is 5.11 Å². The third kappa shape index (κ3) is 4.16. The van der Waals surface area contributed by atoms with Crippen molar-refractivity contribution in [1.29, 1.82) is 0 Å². The minimum atomic E-state index is 0.197. The highest BCUT2D eigenvalue weighted by Crippen LogP contribution is 2.16. The number of nitrogens with zero attached hydrogens (tertiary/aromatic N) is 3. The van der Waals surface area contributed by atoms with Gasteiger partial charge in [-0.25, -0.2) is 4.98 Å².